The summed E-state index contributed by atoms with van der Waals surface area (Å²) in [5.74, 6) is 0. The van der Waals surface area contributed by atoms with Crippen LogP contribution in [0, 0.1) is 37.3 Å². The summed E-state index contributed by atoms with van der Waals surface area (Å²) >= 11 is 0. The molecule has 0 aliphatic heterocycles. The summed E-state index contributed by atoms with van der Waals surface area (Å²) in [5.41, 5.74) is -2.16. The van der Waals surface area contributed by atoms with Crippen molar-refractivity contribution >= 4 is 17.1 Å². The topological polar surface area (TPSA) is 129 Å². The molecule has 9 nitrogen and oxygen atoms in total. The quantitative estimate of drug-likeness (QED) is 0.471. The molecule has 1 aromatic rings. The summed E-state index contributed by atoms with van der Waals surface area (Å²) < 4.78 is 0. The van der Waals surface area contributed by atoms with Crippen molar-refractivity contribution in [3.63, 3.8) is 0 Å². The molecule has 90 valence electrons. The fraction of sp³-hybridized carbons (Fsp3) is 0.143. The van der Waals surface area contributed by atoms with Crippen molar-refractivity contribution in [1.29, 1.82) is 0 Å². The van der Waals surface area contributed by atoms with Crippen molar-refractivity contribution in [2.24, 2.45) is 0 Å². The SMILES string of the molecule is Cc1c([N+](=O)[O-])cc([N+](=O)[O-])cc1[N+](=O)[O-].[Fe+2]. The standard InChI is InChI=1S/C7H5N3O6.Fe/c1-4-6(9(13)14)2-5(8(11)12)3-7(4)10(15)16;/h2-3H,1H3;/q;+2. The van der Waals surface area contributed by atoms with E-state index in [0.29, 0.717) is 12.1 Å². The van der Waals surface area contributed by atoms with Crippen LogP contribution in [-0.2, 0) is 17.1 Å². The van der Waals surface area contributed by atoms with Crippen LogP contribution in [0.15, 0.2) is 12.1 Å². The van der Waals surface area contributed by atoms with Crippen LogP contribution in [-0.4, -0.2) is 14.8 Å². The fourth-order valence-corrected chi connectivity index (χ4v) is 1.15. The van der Waals surface area contributed by atoms with Crippen LogP contribution in [0.1, 0.15) is 5.56 Å². The minimum absolute atomic E-state index is 0. The third kappa shape index (κ3) is 2.95. The van der Waals surface area contributed by atoms with Gasteiger partial charge in [0.15, 0.2) is 0 Å². The summed E-state index contributed by atoms with van der Waals surface area (Å²) in [6.07, 6.45) is 0. The van der Waals surface area contributed by atoms with Crippen LogP contribution in [0.5, 0.6) is 0 Å². The van der Waals surface area contributed by atoms with E-state index in [1.54, 1.807) is 0 Å². The minimum atomic E-state index is -0.917. The van der Waals surface area contributed by atoms with Crippen molar-refractivity contribution < 1.29 is 31.8 Å². The molecule has 0 saturated carbocycles. The third-order valence-corrected chi connectivity index (χ3v) is 1.94. The summed E-state index contributed by atoms with van der Waals surface area (Å²) in [5, 5.41) is 31.5. The first-order valence-corrected chi connectivity index (χ1v) is 3.92. The Balaban J connectivity index is 0.00000256. The zero-order valence-corrected chi connectivity index (χ0v) is 9.40. The molecule has 10 heteroatoms. The molecule has 17 heavy (non-hydrogen) atoms. The van der Waals surface area contributed by atoms with Gasteiger partial charge in [0.1, 0.15) is 5.56 Å². The fourth-order valence-electron chi connectivity index (χ4n) is 1.15. The zero-order chi connectivity index (χ0) is 12.5. The smallest absolute Gasteiger partial charge is 0.258 e. The number of hydrogen-bond donors (Lipinski definition) is 0. The van der Waals surface area contributed by atoms with Crippen LogP contribution < -0.4 is 0 Å². The van der Waals surface area contributed by atoms with E-state index in [9.17, 15) is 30.3 Å². The maximum atomic E-state index is 10.5. The maximum Gasteiger partial charge on any atom is 2.00 e. The van der Waals surface area contributed by atoms with E-state index >= 15 is 0 Å². The Morgan fingerprint density at radius 3 is 1.47 bits per heavy atom. The zero-order valence-electron chi connectivity index (χ0n) is 8.30. The van der Waals surface area contributed by atoms with E-state index in [1.165, 1.54) is 6.92 Å². The van der Waals surface area contributed by atoms with Crippen LogP contribution in [0.4, 0.5) is 17.1 Å². The Labute approximate surface area is 104 Å². The molecule has 1 rings (SSSR count). The predicted molar refractivity (Wildman–Crippen MR) is 51.1 cm³/mol. The number of nitro benzene ring substituents is 3. The van der Waals surface area contributed by atoms with E-state index in [4.69, 9.17) is 0 Å². The minimum Gasteiger partial charge on any atom is -0.258 e. The van der Waals surface area contributed by atoms with E-state index in [0.717, 1.165) is 0 Å². The Bertz CT molecular complexity index is 467. The van der Waals surface area contributed by atoms with Crippen LogP contribution >= 0.6 is 0 Å². The van der Waals surface area contributed by atoms with E-state index in [-0.39, 0.29) is 22.6 Å². The van der Waals surface area contributed by atoms with Gasteiger partial charge < -0.3 is 0 Å². The van der Waals surface area contributed by atoms with Gasteiger partial charge >= 0.3 is 17.1 Å². The Morgan fingerprint density at radius 2 is 1.24 bits per heavy atom. The molecular formula is C7H5FeN3O6+2. The number of nitro groups is 3. The summed E-state index contributed by atoms with van der Waals surface area (Å²) in [7, 11) is 0. The van der Waals surface area contributed by atoms with Gasteiger partial charge in [-0.15, -0.1) is 0 Å². The molecule has 1 aromatic carbocycles. The average Bonchev–Trinajstić information content (AvgIpc) is 2.16. The molecular weight excluding hydrogens is 278 g/mol. The molecule has 0 aliphatic carbocycles. The number of rotatable bonds is 3. The molecule has 0 amide bonds. The molecule has 0 spiro atoms. The van der Waals surface area contributed by atoms with Gasteiger partial charge in [-0.1, -0.05) is 0 Å². The second kappa shape index (κ2) is 5.32. The van der Waals surface area contributed by atoms with Gasteiger partial charge in [0.25, 0.3) is 17.1 Å². The number of benzene rings is 1. The Hall–Kier alpha value is -2.06. The molecule has 0 aromatic heterocycles. The summed E-state index contributed by atoms with van der Waals surface area (Å²) in [4.78, 5) is 28.8. The maximum absolute atomic E-state index is 10.5. The predicted octanol–water partition coefficient (Wildman–Crippen LogP) is 1.72. The van der Waals surface area contributed by atoms with Gasteiger partial charge in [0, 0.05) is 0 Å². The Morgan fingerprint density at radius 1 is 0.882 bits per heavy atom. The van der Waals surface area contributed by atoms with Crippen LogP contribution in [0.25, 0.3) is 0 Å². The summed E-state index contributed by atoms with van der Waals surface area (Å²) in [6.45, 7) is 1.17. The Kier molecular flexibility index (Phi) is 4.68. The average molecular weight is 283 g/mol. The van der Waals surface area contributed by atoms with Gasteiger partial charge in [0.05, 0.1) is 26.9 Å². The molecule has 0 unspecified atom stereocenters. The molecule has 0 atom stereocenters. The van der Waals surface area contributed by atoms with Crippen molar-refractivity contribution in [3.05, 3.63) is 48.0 Å². The molecule has 0 fully saturated rings. The van der Waals surface area contributed by atoms with E-state index < -0.39 is 31.8 Å². The van der Waals surface area contributed by atoms with E-state index in [1.807, 2.05) is 0 Å². The molecule has 0 bridgehead atoms. The molecule has 0 heterocycles. The normalized spacial score (nSPS) is 9.24. The second-order valence-electron chi connectivity index (χ2n) is 2.88. The molecule has 0 aliphatic rings. The molecule has 0 N–H and O–H groups in total. The molecule has 0 saturated heterocycles. The third-order valence-electron chi connectivity index (χ3n) is 1.94. The largest absolute Gasteiger partial charge is 2.00 e. The van der Waals surface area contributed by atoms with Gasteiger partial charge in [0.2, 0.25) is 0 Å². The van der Waals surface area contributed by atoms with Crippen molar-refractivity contribution in [1.82, 2.24) is 0 Å². The monoisotopic (exact) mass is 283 g/mol. The molecule has 0 radical (unpaired) electrons. The van der Waals surface area contributed by atoms with Crippen LogP contribution in [0.3, 0.4) is 0 Å². The number of non-ortho nitro benzene ring substituents is 1. The number of hydrogen-bond acceptors (Lipinski definition) is 6. The number of nitrogens with zero attached hydrogens (tertiary/aromatic N) is 3. The van der Waals surface area contributed by atoms with Gasteiger partial charge in [-0.25, -0.2) is 0 Å². The van der Waals surface area contributed by atoms with Crippen molar-refractivity contribution in [2.75, 3.05) is 0 Å². The second-order valence-corrected chi connectivity index (χ2v) is 2.88. The first-order chi connectivity index (χ1) is 7.34. The van der Waals surface area contributed by atoms with E-state index in [2.05, 4.69) is 0 Å². The first kappa shape index (κ1) is 14.9. The van der Waals surface area contributed by atoms with Gasteiger partial charge in [-0.2, -0.15) is 0 Å². The van der Waals surface area contributed by atoms with Crippen molar-refractivity contribution in [2.45, 2.75) is 6.92 Å². The summed E-state index contributed by atoms with van der Waals surface area (Å²) in [6, 6.07) is 1.39. The first-order valence-electron chi connectivity index (χ1n) is 3.92. The van der Waals surface area contributed by atoms with Crippen LogP contribution in [0.2, 0.25) is 0 Å². The van der Waals surface area contributed by atoms with Gasteiger partial charge in [-0.3, -0.25) is 30.3 Å². The van der Waals surface area contributed by atoms with Gasteiger partial charge in [-0.05, 0) is 6.92 Å². The van der Waals surface area contributed by atoms with Crippen molar-refractivity contribution in [3.8, 4) is 0 Å².